The largest absolute Gasteiger partial charge is 0.481 e. The molecule has 0 aliphatic heterocycles. The van der Waals surface area contributed by atoms with Crippen molar-refractivity contribution in [1.82, 2.24) is 15.1 Å². The summed E-state index contributed by atoms with van der Waals surface area (Å²) in [6.07, 6.45) is 8.96. The fourth-order valence-corrected chi connectivity index (χ4v) is 2.54. The van der Waals surface area contributed by atoms with Gasteiger partial charge in [0.15, 0.2) is 5.82 Å². The first-order valence-corrected chi connectivity index (χ1v) is 6.83. The van der Waals surface area contributed by atoms with Crippen molar-refractivity contribution in [1.29, 1.82) is 0 Å². The summed E-state index contributed by atoms with van der Waals surface area (Å²) in [4.78, 5) is 19.7. The highest BCUT2D eigenvalue weighted by Gasteiger charge is 2.33. The van der Waals surface area contributed by atoms with Crippen LogP contribution >= 0.6 is 0 Å². The lowest BCUT2D eigenvalue weighted by Gasteiger charge is -2.21. The van der Waals surface area contributed by atoms with E-state index in [1.807, 2.05) is 24.3 Å². The van der Waals surface area contributed by atoms with Crippen LogP contribution in [0.5, 0.6) is 0 Å². The van der Waals surface area contributed by atoms with Gasteiger partial charge in [-0.15, -0.1) is 0 Å². The van der Waals surface area contributed by atoms with E-state index < -0.39 is 11.9 Å². The second-order valence-electron chi connectivity index (χ2n) is 5.08. The molecule has 0 saturated heterocycles. The number of hydrogen-bond acceptors (Lipinski definition) is 5. The van der Waals surface area contributed by atoms with Gasteiger partial charge in [-0.3, -0.25) is 9.78 Å². The molecule has 2 atom stereocenters. The Hall–Kier alpha value is -2.50. The molecule has 6 nitrogen and oxygen atoms in total. The van der Waals surface area contributed by atoms with Gasteiger partial charge in [0.2, 0.25) is 5.89 Å². The van der Waals surface area contributed by atoms with Crippen molar-refractivity contribution in [3.05, 3.63) is 54.0 Å². The van der Waals surface area contributed by atoms with Crippen molar-refractivity contribution in [3.63, 3.8) is 0 Å². The van der Waals surface area contributed by atoms with E-state index in [1.54, 1.807) is 12.4 Å². The highest BCUT2D eigenvalue weighted by molar-refractivity contribution is 5.71. The number of pyridine rings is 1. The van der Waals surface area contributed by atoms with E-state index in [2.05, 4.69) is 15.1 Å². The Kier molecular flexibility index (Phi) is 3.77. The molecule has 0 aromatic carbocycles. The van der Waals surface area contributed by atoms with Crippen LogP contribution < -0.4 is 0 Å². The molecule has 1 N–H and O–H groups in total. The van der Waals surface area contributed by atoms with Crippen molar-refractivity contribution < 1.29 is 14.4 Å². The molecule has 3 rings (SSSR count). The van der Waals surface area contributed by atoms with Gasteiger partial charge in [0, 0.05) is 18.8 Å². The summed E-state index contributed by atoms with van der Waals surface area (Å²) in [7, 11) is 0. The van der Waals surface area contributed by atoms with E-state index in [1.165, 1.54) is 0 Å². The van der Waals surface area contributed by atoms with Crippen molar-refractivity contribution >= 4 is 5.97 Å². The summed E-state index contributed by atoms with van der Waals surface area (Å²) in [5.74, 6) is -0.608. The Morgan fingerprint density at radius 1 is 1.38 bits per heavy atom. The summed E-state index contributed by atoms with van der Waals surface area (Å²) in [5, 5.41) is 13.2. The maximum atomic E-state index is 11.3. The van der Waals surface area contributed by atoms with E-state index >= 15 is 0 Å². The third-order valence-electron chi connectivity index (χ3n) is 3.64. The number of aromatic nitrogens is 3. The maximum Gasteiger partial charge on any atom is 0.307 e. The number of nitrogens with zero attached hydrogens (tertiary/aromatic N) is 3. The molecule has 1 aliphatic carbocycles. The number of rotatable bonds is 4. The van der Waals surface area contributed by atoms with Crippen LogP contribution in [0.3, 0.4) is 0 Å². The minimum atomic E-state index is -0.823. The molecule has 2 heterocycles. The summed E-state index contributed by atoms with van der Waals surface area (Å²) >= 11 is 0. The van der Waals surface area contributed by atoms with Gasteiger partial charge < -0.3 is 9.63 Å². The van der Waals surface area contributed by atoms with Crippen LogP contribution in [0.1, 0.15) is 36.0 Å². The average molecular weight is 285 g/mol. The predicted molar refractivity (Wildman–Crippen MR) is 73.6 cm³/mol. The van der Waals surface area contributed by atoms with Crippen LogP contribution in [0.25, 0.3) is 0 Å². The second kappa shape index (κ2) is 5.87. The van der Waals surface area contributed by atoms with Crippen LogP contribution in [0.2, 0.25) is 0 Å². The summed E-state index contributed by atoms with van der Waals surface area (Å²) in [5.41, 5.74) is 0.989. The van der Waals surface area contributed by atoms with Gasteiger partial charge in [-0.25, -0.2) is 0 Å². The van der Waals surface area contributed by atoms with E-state index in [9.17, 15) is 9.90 Å². The third-order valence-corrected chi connectivity index (χ3v) is 3.64. The molecule has 0 bridgehead atoms. The molecule has 6 heteroatoms. The fourth-order valence-electron chi connectivity index (χ4n) is 2.54. The first-order chi connectivity index (χ1) is 10.2. The SMILES string of the molecule is O=C(O)C1CC=CCC1c1nc(Cc2cccnc2)no1. The first-order valence-electron chi connectivity index (χ1n) is 6.83. The summed E-state index contributed by atoms with van der Waals surface area (Å²) in [6.45, 7) is 0. The van der Waals surface area contributed by atoms with Crippen molar-refractivity contribution in [2.45, 2.75) is 25.2 Å². The Morgan fingerprint density at radius 3 is 3.00 bits per heavy atom. The molecule has 0 fully saturated rings. The van der Waals surface area contributed by atoms with Gasteiger partial charge in [-0.05, 0) is 24.5 Å². The van der Waals surface area contributed by atoms with E-state index in [0.29, 0.717) is 31.0 Å². The molecule has 21 heavy (non-hydrogen) atoms. The number of hydrogen-bond donors (Lipinski definition) is 1. The summed E-state index contributed by atoms with van der Waals surface area (Å²) in [6, 6.07) is 3.79. The number of carboxylic acids is 1. The zero-order valence-corrected chi connectivity index (χ0v) is 11.3. The van der Waals surface area contributed by atoms with Gasteiger partial charge in [0.05, 0.1) is 11.8 Å². The Bertz CT molecular complexity index is 651. The van der Waals surface area contributed by atoms with Crippen LogP contribution in [0.4, 0.5) is 0 Å². The normalized spacial score (nSPS) is 21.3. The standard InChI is InChI=1S/C15H15N3O3/c19-15(20)12-6-2-1-5-11(12)14-17-13(18-21-14)8-10-4-3-7-16-9-10/h1-4,7,9,11-12H,5-6,8H2,(H,19,20). The van der Waals surface area contributed by atoms with Crippen LogP contribution in [-0.4, -0.2) is 26.2 Å². The molecule has 0 saturated carbocycles. The topological polar surface area (TPSA) is 89.1 Å². The van der Waals surface area contributed by atoms with E-state index in [-0.39, 0.29) is 5.92 Å². The smallest absolute Gasteiger partial charge is 0.307 e. The molecule has 1 aliphatic rings. The van der Waals surface area contributed by atoms with Crippen LogP contribution in [0, 0.1) is 5.92 Å². The molecule has 0 radical (unpaired) electrons. The van der Waals surface area contributed by atoms with Gasteiger partial charge in [0.25, 0.3) is 0 Å². The first kappa shape index (κ1) is 13.5. The quantitative estimate of drug-likeness (QED) is 0.866. The third kappa shape index (κ3) is 2.99. The van der Waals surface area contributed by atoms with Gasteiger partial charge in [0.1, 0.15) is 0 Å². The predicted octanol–water partition coefficient (Wildman–Crippen LogP) is 2.19. The number of carbonyl (C=O) groups is 1. The van der Waals surface area contributed by atoms with Crippen molar-refractivity contribution in [3.8, 4) is 0 Å². The molecule has 0 amide bonds. The molecular weight excluding hydrogens is 270 g/mol. The minimum absolute atomic E-state index is 0.248. The van der Waals surface area contributed by atoms with Gasteiger partial charge in [-0.1, -0.05) is 23.4 Å². The molecule has 2 unspecified atom stereocenters. The van der Waals surface area contributed by atoms with Crippen LogP contribution in [0.15, 0.2) is 41.2 Å². The lowest BCUT2D eigenvalue weighted by atomic mass is 9.83. The second-order valence-corrected chi connectivity index (χ2v) is 5.08. The monoisotopic (exact) mass is 285 g/mol. The number of allylic oxidation sites excluding steroid dienone is 2. The minimum Gasteiger partial charge on any atom is -0.481 e. The molecule has 2 aromatic rings. The van der Waals surface area contributed by atoms with Crippen molar-refractivity contribution in [2.75, 3.05) is 0 Å². The maximum absolute atomic E-state index is 11.3. The van der Waals surface area contributed by atoms with E-state index in [4.69, 9.17) is 4.52 Å². The molecule has 0 spiro atoms. The Labute approximate surface area is 121 Å². The molecule has 2 aromatic heterocycles. The lowest BCUT2D eigenvalue weighted by molar-refractivity contribution is -0.142. The highest BCUT2D eigenvalue weighted by atomic mass is 16.5. The van der Waals surface area contributed by atoms with Crippen molar-refractivity contribution in [2.24, 2.45) is 5.92 Å². The van der Waals surface area contributed by atoms with E-state index in [0.717, 1.165) is 5.56 Å². The van der Waals surface area contributed by atoms with Gasteiger partial charge in [-0.2, -0.15) is 4.98 Å². The Morgan fingerprint density at radius 2 is 2.24 bits per heavy atom. The zero-order chi connectivity index (χ0) is 14.7. The highest BCUT2D eigenvalue weighted by Crippen LogP contribution is 2.33. The number of aliphatic carboxylic acids is 1. The Balaban J connectivity index is 1.78. The zero-order valence-electron chi connectivity index (χ0n) is 11.3. The fraction of sp³-hybridized carbons (Fsp3) is 0.333. The molecule has 108 valence electrons. The van der Waals surface area contributed by atoms with Gasteiger partial charge >= 0.3 is 5.97 Å². The summed E-state index contributed by atoms with van der Waals surface area (Å²) < 4.78 is 5.28. The number of carboxylic acid groups (broad SMARTS) is 1. The lowest BCUT2D eigenvalue weighted by Crippen LogP contribution is -2.23. The van der Waals surface area contributed by atoms with Crippen LogP contribution in [-0.2, 0) is 11.2 Å². The molecular formula is C15H15N3O3. The average Bonchev–Trinajstić information content (AvgIpc) is 2.96.